The number of H-pyrrole nitrogens is 1. The predicted molar refractivity (Wildman–Crippen MR) is 95.6 cm³/mol. The number of hydrogen-bond donors (Lipinski definition) is 2. The van der Waals surface area contributed by atoms with Crippen LogP contribution in [0.25, 0.3) is 10.9 Å². The highest BCUT2D eigenvalue weighted by Crippen LogP contribution is 2.26. The second-order valence-corrected chi connectivity index (χ2v) is 7.69. The van der Waals surface area contributed by atoms with Crippen molar-refractivity contribution < 1.29 is 8.42 Å². The molecule has 128 valence electrons. The van der Waals surface area contributed by atoms with Crippen LogP contribution in [-0.2, 0) is 10.0 Å². The monoisotopic (exact) mass is 347 g/mol. The van der Waals surface area contributed by atoms with Crippen LogP contribution in [-0.4, -0.2) is 54.6 Å². The molecule has 0 radical (unpaired) electrons. The van der Waals surface area contributed by atoms with E-state index < -0.39 is 10.0 Å². The molecule has 0 unspecified atom stereocenters. The molecule has 1 saturated heterocycles. The van der Waals surface area contributed by atoms with E-state index in [2.05, 4.69) is 33.2 Å². The van der Waals surface area contributed by atoms with E-state index in [9.17, 15) is 8.42 Å². The number of fused-ring (bicyclic) bond motifs is 1. The minimum absolute atomic E-state index is 0.00478. The maximum atomic E-state index is 12.7. The van der Waals surface area contributed by atoms with Crippen molar-refractivity contribution in [3.63, 3.8) is 0 Å². The molecule has 1 aromatic heterocycles. The first-order valence-electron chi connectivity index (χ1n) is 7.73. The third-order valence-corrected chi connectivity index (χ3v) is 6.23. The standard InChI is InChI=1S/C16H21N5O2S/c1-4-16(17-3)24(22,23)21-6-5-18-15(10-21)13-8-12-9-19-20-14(12)7-11(13)2/h4,7-9,15,18H,1,5-6,10H2,2-3H3,(H,19,20)/b17-16+/t15-/m1/s1. The van der Waals surface area contributed by atoms with Crippen LogP contribution >= 0.6 is 0 Å². The second kappa shape index (κ2) is 6.46. The Morgan fingerprint density at radius 3 is 3.00 bits per heavy atom. The Hall–Kier alpha value is -2.03. The van der Waals surface area contributed by atoms with Crippen LogP contribution in [0.15, 0.2) is 36.0 Å². The van der Waals surface area contributed by atoms with Crippen LogP contribution in [0.1, 0.15) is 17.2 Å². The molecular formula is C16H21N5O2S. The molecule has 1 atom stereocenters. The third kappa shape index (κ3) is 2.88. The molecule has 2 N–H and O–H groups in total. The lowest BCUT2D eigenvalue weighted by Crippen LogP contribution is -2.49. The quantitative estimate of drug-likeness (QED) is 0.648. The van der Waals surface area contributed by atoms with Crippen LogP contribution in [0.3, 0.4) is 0 Å². The summed E-state index contributed by atoms with van der Waals surface area (Å²) in [6.45, 7) is 6.93. The van der Waals surface area contributed by atoms with E-state index in [4.69, 9.17) is 0 Å². The SMILES string of the molecule is C=C/C(=N\C)S(=O)(=O)N1CCN[C@@H](c2cc3cn[nH]c3cc2C)C1. The lowest BCUT2D eigenvalue weighted by atomic mass is 9.98. The number of aryl methyl sites for hydroxylation is 1. The Morgan fingerprint density at radius 1 is 1.50 bits per heavy atom. The summed E-state index contributed by atoms with van der Waals surface area (Å²) in [5.74, 6) is 0. The molecule has 1 fully saturated rings. The maximum absolute atomic E-state index is 12.7. The molecule has 1 aliphatic rings. The van der Waals surface area contributed by atoms with Gasteiger partial charge in [0.15, 0.2) is 5.04 Å². The number of benzene rings is 1. The van der Waals surface area contributed by atoms with Crippen molar-refractivity contribution in [2.45, 2.75) is 13.0 Å². The van der Waals surface area contributed by atoms with E-state index in [0.717, 1.165) is 22.0 Å². The highest BCUT2D eigenvalue weighted by Gasteiger charge is 2.32. The average molecular weight is 347 g/mol. The zero-order valence-corrected chi connectivity index (χ0v) is 14.6. The molecule has 2 heterocycles. The van der Waals surface area contributed by atoms with Gasteiger partial charge >= 0.3 is 0 Å². The Kier molecular flexibility index (Phi) is 4.53. The fourth-order valence-corrected chi connectivity index (χ4v) is 4.47. The third-order valence-electron chi connectivity index (χ3n) is 4.34. The molecular weight excluding hydrogens is 326 g/mol. The van der Waals surface area contributed by atoms with E-state index in [1.54, 1.807) is 6.20 Å². The Labute approximate surface area is 141 Å². The molecule has 7 nitrogen and oxygen atoms in total. The van der Waals surface area contributed by atoms with Crippen molar-refractivity contribution in [1.29, 1.82) is 0 Å². The van der Waals surface area contributed by atoms with Crippen LogP contribution in [0.2, 0.25) is 0 Å². The number of piperazine rings is 1. The molecule has 0 amide bonds. The number of nitrogens with zero attached hydrogens (tertiary/aromatic N) is 3. The van der Waals surface area contributed by atoms with E-state index in [1.807, 2.05) is 13.0 Å². The largest absolute Gasteiger partial charge is 0.307 e. The minimum atomic E-state index is -3.60. The lowest BCUT2D eigenvalue weighted by molar-refractivity contribution is 0.305. The summed E-state index contributed by atoms with van der Waals surface area (Å²) >= 11 is 0. The minimum Gasteiger partial charge on any atom is -0.307 e. The molecule has 2 aromatic rings. The van der Waals surface area contributed by atoms with E-state index in [1.165, 1.54) is 17.4 Å². The molecule has 0 spiro atoms. The molecule has 3 rings (SSSR count). The second-order valence-electron chi connectivity index (χ2n) is 5.80. The van der Waals surface area contributed by atoms with Gasteiger partial charge in [-0.1, -0.05) is 6.58 Å². The first kappa shape index (κ1) is 16.8. The molecule has 0 aliphatic carbocycles. The number of aliphatic imine (C=N–C) groups is 1. The zero-order valence-electron chi connectivity index (χ0n) is 13.8. The van der Waals surface area contributed by atoms with Crippen molar-refractivity contribution >= 4 is 26.0 Å². The van der Waals surface area contributed by atoms with Gasteiger partial charge in [0.25, 0.3) is 10.0 Å². The number of nitrogens with one attached hydrogen (secondary N) is 2. The van der Waals surface area contributed by atoms with Gasteiger partial charge in [0.05, 0.1) is 11.7 Å². The van der Waals surface area contributed by atoms with Gasteiger partial charge < -0.3 is 5.32 Å². The first-order valence-corrected chi connectivity index (χ1v) is 9.17. The highest BCUT2D eigenvalue weighted by atomic mass is 32.2. The summed E-state index contributed by atoms with van der Waals surface area (Å²) < 4.78 is 26.8. The van der Waals surface area contributed by atoms with Crippen LogP contribution in [0.5, 0.6) is 0 Å². The predicted octanol–water partition coefficient (Wildman–Crippen LogP) is 1.36. The van der Waals surface area contributed by atoms with Gasteiger partial charge in [-0.25, -0.2) is 8.42 Å². The lowest BCUT2D eigenvalue weighted by Gasteiger charge is -2.33. The van der Waals surface area contributed by atoms with Crippen molar-refractivity contribution in [3.05, 3.63) is 42.1 Å². The Balaban J connectivity index is 1.92. The van der Waals surface area contributed by atoms with Crippen molar-refractivity contribution in [1.82, 2.24) is 19.8 Å². The Bertz CT molecular complexity index is 900. The van der Waals surface area contributed by atoms with Crippen LogP contribution < -0.4 is 5.32 Å². The fraction of sp³-hybridized carbons (Fsp3) is 0.375. The van der Waals surface area contributed by atoms with Crippen LogP contribution in [0.4, 0.5) is 0 Å². The van der Waals surface area contributed by atoms with Crippen molar-refractivity contribution in [3.8, 4) is 0 Å². The number of aromatic nitrogens is 2. The number of rotatable bonds is 3. The highest BCUT2D eigenvalue weighted by molar-refractivity contribution is 8.04. The Morgan fingerprint density at radius 2 is 2.29 bits per heavy atom. The van der Waals surface area contributed by atoms with Crippen molar-refractivity contribution in [2.75, 3.05) is 26.7 Å². The van der Waals surface area contributed by atoms with E-state index in [-0.39, 0.29) is 11.1 Å². The molecule has 24 heavy (non-hydrogen) atoms. The maximum Gasteiger partial charge on any atom is 0.260 e. The normalized spacial score (nSPS) is 20.4. The molecule has 1 aliphatic heterocycles. The molecule has 0 saturated carbocycles. The van der Waals surface area contributed by atoms with E-state index >= 15 is 0 Å². The summed E-state index contributed by atoms with van der Waals surface area (Å²) in [6.07, 6.45) is 3.06. The fourth-order valence-electron chi connectivity index (χ4n) is 3.09. The van der Waals surface area contributed by atoms with Gasteiger partial charge in [-0.05, 0) is 36.3 Å². The summed E-state index contributed by atoms with van der Waals surface area (Å²) in [5, 5.41) is 11.4. The molecule has 8 heteroatoms. The molecule has 0 bridgehead atoms. The number of aromatic amines is 1. The van der Waals surface area contributed by atoms with Gasteiger partial charge in [-0.3, -0.25) is 10.1 Å². The smallest absolute Gasteiger partial charge is 0.260 e. The summed E-state index contributed by atoms with van der Waals surface area (Å²) in [4.78, 5) is 3.84. The summed E-state index contributed by atoms with van der Waals surface area (Å²) in [6, 6.07) is 4.02. The van der Waals surface area contributed by atoms with E-state index in [0.29, 0.717) is 19.6 Å². The number of hydrogen-bond acceptors (Lipinski definition) is 5. The average Bonchev–Trinajstić information content (AvgIpc) is 3.02. The van der Waals surface area contributed by atoms with Gasteiger partial charge in [0.1, 0.15) is 0 Å². The van der Waals surface area contributed by atoms with Gasteiger partial charge in [0, 0.05) is 38.1 Å². The summed E-state index contributed by atoms with van der Waals surface area (Å²) in [5.41, 5.74) is 3.15. The van der Waals surface area contributed by atoms with Crippen molar-refractivity contribution in [2.24, 2.45) is 4.99 Å². The number of sulfonamides is 1. The zero-order chi connectivity index (χ0) is 17.3. The first-order chi connectivity index (χ1) is 11.5. The topological polar surface area (TPSA) is 90.4 Å². The van der Waals surface area contributed by atoms with Crippen LogP contribution in [0, 0.1) is 6.92 Å². The van der Waals surface area contributed by atoms with Gasteiger partial charge in [0.2, 0.25) is 0 Å². The molecule has 1 aromatic carbocycles. The van der Waals surface area contributed by atoms with Gasteiger partial charge in [-0.15, -0.1) is 0 Å². The summed E-state index contributed by atoms with van der Waals surface area (Å²) in [7, 11) is -2.14. The van der Waals surface area contributed by atoms with Gasteiger partial charge in [-0.2, -0.15) is 9.40 Å².